The van der Waals surface area contributed by atoms with Gasteiger partial charge in [-0.1, -0.05) is 74.7 Å². The highest BCUT2D eigenvalue weighted by Gasteiger charge is 2.14. The first-order valence-corrected chi connectivity index (χ1v) is 10.2. The Labute approximate surface area is 159 Å². The molecule has 0 fully saturated rings. The molecule has 0 aliphatic rings. The van der Waals surface area contributed by atoms with Gasteiger partial charge in [-0.25, -0.2) is 4.68 Å². The van der Waals surface area contributed by atoms with Crippen molar-refractivity contribution in [2.45, 2.75) is 51.6 Å². The molecule has 0 unspecified atom stereocenters. The normalized spacial score (nSPS) is 12.1. The van der Waals surface area contributed by atoms with E-state index < -0.39 is 0 Å². The molecule has 1 aromatic carbocycles. The highest BCUT2D eigenvalue weighted by molar-refractivity contribution is 7.99. The second-order valence-electron chi connectivity index (χ2n) is 6.55. The molecule has 0 aliphatic carbocycles. The first-order chi connectivity index (χ1) is 12.5. The quantitative estimate of drug-likeness (QED) is 0.491. The molecule has 1 amide bonds. The summed E-state index contributed by atoms with van der Waals surface area (Å²) >= 11 is 1.30. The number of carbonyl (C=O) groups is 1. The van der Waals surface area contributed by atoms with E-state index in [0.29, 0.717) is 16.9 Å². The molecule has 1 atom stereocenters. The maximum Gasteiger partial charge on any atom is 0.230 e. The van der Waals surface area contributed by atoms with E-state index >= 15 is 0 Å². The van der Waals surface area contributed by atoms with E-state index in [9.17, 15) is 4.79 Å². The number of aryl methyl sites for hydroxylation is 1. The standard InChI is InChI=1S/C19H29N5OS/c1-4-6-7-15(5-2)12-21-17(25)13-26-19-23-22-18(24(19)20)16-10-8-14(3)9-11-16/h8-11,15H,4-7,12-13,20H2,1-3H3,(H,21,25)/t15-/m1/s1. The molecule has 142 valence electrons. The molecule has 2 rings (SSSR count). The van der Waals surface area contributed by atoms with Crippen molar-refractivity contribution in [3.63, 3.8) is 0 Å². The summed E-state index contributed by atoms with van der Waals surface area (Å²) in [4.78, 5) is 12.1. The summed E-state index contributed by atoms with van der Waals surface area (Å²) in [5.74, 6) is 7.53. The Kier molecular flexibility index (Phi) is 7.97. The third-order valence-corrected chi connectivity index (χ3v) is 5.38. The number of nitrogens with one attached hydrogen (secondary N) is 1. The molecule has 1 aromatic heterocycles. The number of benzene rings is 1. The minimum absolute atomic E-state index is 0.00448. The van der Waals surface area contributed by atoms with Crippen LogP contribution in [-0.4, -0.2) is 33.1 Å². The van der Waals surface area contributed by atoms with Crippen LogP contribution in [0.3, 0.4) is 0 Å². The first-order valence-electron chi connectivity index (χ1n) is 9.22. The monoisotopic (exact) mass is 375 g/mol. The lowest BCUT2D eigenvalue weighted by atomic mass is 9.99. The number of amides is 1. The molecule has 0 saturated heterocycles. The fourth-order valence-corrected chi connectivity index (χ4v) is 3.34. The van der Waals surface area contributed by atoms with Gasteiger partial charge in [0.1, 0.15) is 0 Å². The van der Waals surface area contributed by atoms with Gasteiger partial charge in [0.25, 0.3) is 0 Å². The summed E-state index contributed by atoms with van der Waals surface area (Å²) in [7, 11) is 0. The van der Waals surface area contributed by atoms with E-state index in [1.807, 2.05) is 31.2 Å². The van der Waals surface area contributed by atoms with Crippen molar-refractivity contribution < 1.29 is 4.79 Å². The summed E-state index contributed by atoms with van der Waals surface area (Å²) in [5.41, 5.74) is 2.08. The number of nitrogens with two attached hydrogens (primary N) is 1. The number of carbonyl (C=O) groups excluding carboxylic acids is 1. The van der Waals surface area contributed by atoms with Crippen LogP contribution in [-0.2, 0) is 4.79 Å². The number of unbranched alkanes of at least 4 members (excludes halogenated alkanes) is 1. The van der Waals surface area contributed by atoms with Gasteiger partial charge in [-0.2, -0.15) is 0 Å². The van der Waals surface area contributed by atoms with E-state index in [0.717, 1.165) is 24.9 Å². The van der Waals surface area contributed by atoms with Crippen molar-refractivity contribution in [3.8, 4) is 11.4 Å². The van der Waals surface area contributed by atoms with Gasteiger partial charge >= 0.3 is 0 Å². The lowest BCUT2D eigenvalue weighted by Crippen LogP contribution is -2.30. The van der Waals surface area contributed by atoms with Crippen LogP contribution in [0.4, 0.5) is 0 Å². The number of nitrogen functional groups attached to an aromatic ring is 1. The zero-order chi connectivity index (χ0) is 18.9. The smallest absolute Gasteiger partial charge is 0.230 e. The molecule has 2 aromatic rings. The Morgan fingerprint density at radius 3 is 2.65 bits per heavy atom. The average molecular weight is 376 g/mol. The number of rotatable bonds is 10. The van der Waals surface area contributed by atoms with Gasteiger partial charge in [0.15, 0.2) is 5.82 Å². The Balaban J connectivity index is 1.86. The van der Waals surface area contributed by atoms with Crippen molar-refractivity contribution in [3.05, 3.63) is 29.8 Å². The van der Waals surface area contributed by atoms with Gasteiger partial charge in [-0.15, -0.1) is 10.2 Å². The molecule has 1 heterocycles. The maximum absolute atomic E-state index is 12.1. The van der Waals surface area contributed by atoms with Crippen molar-refractivity contribution in [2.75, 3.05) is 18.1 Å². The molecule has 0 bridgehead atoms. The summed E-state index contributed by atoms with van der Waals surface area (Å²) < 4.78 is 1.44. The highest BCUT2D eigenvalue weighted by Crippen LogP contribution is 2.21. The molecule has 6 nitrogen and oxygen atoms in total. The lowest BCUT2D eigenvalue weighted by Gasteiger charge is -2.15. The largest absolute Gasteiger partial charge is 0.355 e. The Morgan fingerprint density at radius 2 is 2.00 bits per heavy atom. The predicted octanol–water partition coefficient (Wildman–Crippen LogP) is 3.39. The zero-order valence-corrected chi connectivity index (χ0v) is 16.7. The minimum atomic E-state index is 0.00448. The van der Waals surface area contributed by atoms with Gasteiger partial charge in [-0.05, 0) is 19.3 Å². The number of hydrogen-bond acceptors (Lipinski definition) is 5. The lowest BCUT2D eigenvalue weighted by molar-refractivity contribution is -0.118. The van der Waals surface area contributed by atoms with Crippen molar-refractivity contribution in [1.29, 1.82) is 0 Å². The fourth-order valence-electron chi connectivity index (χ4n) is 2.66. The molecule has 0 saturated carbocycles. The number of thioether (sulfide) groups is 1. The van der Waals surface area contributed by atoms with Crippen molar-refractivity contribution in [1.82, 2.24) is 20.2 Å². The molecule has 0 spiro atoms. The van der Waals surface area contributed by atoms with Crippen LogP contribution in [0.1, 0.15) is 45.1 Å². The van der Waals surface area contributed by atoms with Gasteiger partial charge in [0, 0.05) is 12.1 Å². The maximum atomic E-state index is 12.1. The van der Waals surface area contributed by atoms with Crippen LogP contribution >= 0.6 is 11.8 Å². The zero-order valence-electron chi connectivity index (χ0n) is 15.9. The molecule has 0 aliphatic heterocycles. The molecule has 7 heteroatoms. The van der Waals surface area contributed by atoms with E-state index in [1.165, 1.54) is 34.8 Å². The highest BCUT2D eigenvalue weighted by atomic mass is 32.2. The van der Waals surface area contributed by atoms with Crippen LogP contribution in [0.15, 0.2) is 29.4 Å². The van der Waals surface area contributed by atoms with Crippen LogP contribution < -0.4 is 11.2 Å². The molecular formula is C19H29N5OS. The fraction of sp³-hybridized carbons (Fsp3) is 0.526. The van der Waals surface area contributed by atoms with Gasteiger partial charge < -0.3 is 11.2 Å². The van der Waals surface area contributed by atoms with E-state index in [4.69, 9.17) is 5.84 Å². The summed E-state index contributed by atoms with van der Waals surface area (Å²) in [5, 5.41) is 11.8. The van der Waals surface area contributed by atoms with Gasteiger partial charge in [-0.3, -0.25) is 4.79 Å². The van der Waals surface area contributed by atoms with Gasteiger partial charge in [0.2, 0.25) is 11.1 Å². The molecule has 0 radical (unpaired) electrons. The summed E-state index contributed by atoms with van der Waals surface area (Å²) in [6.07, 6.45) is 4.65. The van der Waals surface area contributed by atoms with E-state index in [-0.39, 0.29) is 11.7 Å². The van der Waals surface area contributed by atoms with Crippen molar-refractivity contribution in [2.24, 2.45) is 5.92 Å². The third kappa shape index (κ3) is 5.76. The van der Waals surface area contributed by atoms with Crippen LogP contribution in [0.5, 0.6) is 0 Å². The second-order valence-corrected chi connectivity index (χ2v) is 7.49. The van der Waals surface area contributed by atoms with Crippen LogP contribution in [0.25, 0.3) is 11.4 Å². The minimum Gasteiger partial charge on any atom is -0.355 e. The Hall–Kier alpha value is -2.02. The van der Waals surface area contributed by atoms with E-state index in [1.54, 1.807) is 0 Å². The summed E-state index contributed by atoms with van der Waals surface area (Å²) in [6.45, 7) is 7.13. The third-order valence-electron chi connectivity index (χ3n) is 4.44. The van der Waals surface area contributed by atoms with Crippen LogP contribution in [0, 0.1) is 12.8 Å². The topological polar surface area (TPSA) is 85.8 Å². The molecular weight excluding hydrogens is 346 g/mol. The second kappa shape index (κ2) is 10.2. The number of nitrogens with zero attached hydrogens (tertiary/aromatic N) is 3. The van der Waals surface area contributed by atoms with Gasteiger partial charge in [0.05, 0.1) is 5.75 Å². The average Bonchev–Trinajstić information content (AvgIpc) is 3.01. The Morgan fingerprint density at radius 1 is 1.27 bits per heavy atom. The van der Waals surface area contributed by atoms with E-state index in [2.05, 4.69) is 29.4 Å². The SMILES string of the molecule is CCCC[C@@H](CC)CNC(=O)CSc1nnc(-c2ccc(C)cc2)n1N. The van der Waals surface area contributed by atoms with Crippen LogP contribution in [0.2, 0.25) is 0 Å². The molecule has 3 N–H and O–H groups in total. The first kappa shape index (κ1) is 20.3. The Bertz CT molecular complexity index is 698. The number of hydrogen-bond donors (Lipinski definition) is 2. The molecule has 26 heavy (non-hydrogen) atoms. The predicted molar refractivity (Wildman–Crippen MR) is 107 cm³/mol. The number of aromatic nitrogens is 3. The van der Waals surface area contributed by atoms with Crippen molar-refractivity contribution >= 4 is 17.7 Å². The summed E-state index contributed by atoms with van der Waals surface area (Å²) in [6, 6.07) is 7.94.